The van der Waals surface area contributed by atoms with Gasteiger partial charge in [-0.05, 0) is 42.0 Å². The van der Waals surface area contributed by atoms with Crippen LogP contribution in [0.25, 0.3) is 0 Å². The first kappa shape index (κ1) is 16.3. The lowest BCUT2D eigenvalue weighted by Crippen LogP contribution is -2.32. The van der Waals surface area contributed by atoms with Crippen LogP contribution in [0.15, 0.2) is 36.4 Å². The number of benzene rings is 2. The molecule has 1 heterocycles. The molecule has 1 amide bonds. The highest BCUT2D eigenvalue weighted by Crippen LogP contribution is 2.42. The second-order valence-corrected chi connectivity index (χ2v) is 7.04. The molecule has 1 unspecified atom stereocenters. The molecule has 4 nitrogen and oxygen atoms in total. The molecule has 1 atom stereocenters. The SMILES string of the molecule is CN(Cc1ccccc1)C(=O)OC1Cc2cc(Cl)c3c(c2O1)CCC3. The molecule has 0 spiro atoms. The minimum absolute atomic E-state index is 0.385. The number of rotatable bonds is 3. The summed E-state index contributed by atoms with van der Waals surface area (Å²) in [5.74, 6) is 0.875. The van der Waals surface area contributed by atoms with Gasteiger partial charge in [0, 0.05) is 24.2 Å². The molecule has 5 heteroatoms. The summed E-state index contributed by atoms with van der Waals surface area (Å²) in [6.45, 7) is 0.501. The van der Waals surface area contributed by atoms with Gasteiger partial charge in [0.05, 0.1) is 6.42 Å². The van der Waals surface area contributed by atoms with Crippen LogP contribution in [0.2, 0.25) is 5.02 Å². The monoisotopic (exact) mass is 357 g/mol. The van der Waals surface area contributed by atoms with Gasteiger partial charge >= 0.3 is 6.09 Å². The van der Waals surface area contributed by atoms with E-state index in [1.54, 1.807) is 11.9 Å². The fraction of sp³-hybridized carbons (Fsp3) is 0.350. The molecule has 2 aromatic carbocycles. The summed E-state index contributed by atoms with van der Waals surface area (Å²) >= 11 is 6.38. The van der Waals surface area contributed by atoms with E-state index >= 15 is 0 Å². The van der Waals surface area contributed by atoms with Crippen molar-refractivity contribution in [2.75, 3.05) is 7.05 Å². The van der Waals surface area contributed by atoms with Gasteiger partial charge in [0.15, 0.2) is 0 Å². The first-order chi connectivity index (χ1) is 12.1. The molecular weight excluding hydrogens is 338 g/mol. The molecule has 0 saturated carbocycles. The minimum atomic E-state index is -0.580. The van der Waals surface area contributed by atoms with Crippen LogP contribution in [0.5, 0.6) is 5.75 Å². The lowest BCUT2D eigenvalue weighted by molar-refractivity contribution is -0.0307. The number of ether oxygens (including phenoxy) is 2. The highest BCUT2D eigenvalue weighted by atomic mass is 35.5. The fourth-order valence-corrected chi connectivity index (χ4v) is 3.94. The summed E-state index contributed by atoms with van der Waals surface area (Å²) in [6, 6.07) is 11.8. The Morgan fingerprint density at radius 3 is 2.84 bits per heavy atom. The van der Waals surface area contributed by atoms with E-state index in [-0.39, 0.29) is 6.09 Å². The largest absolute Gasteiger partial charge is 0.454 e. The Balaban J connectivity index is 1.42. The van der Waals surface area contributed by atoms with Crippen molar-refractivity contribution in [3.05, 3.63) is 63.7 Å². The van der Waals surface area contributed by atoms with Crippen LogP contribution in [0.3, 0.4) is 0 Å². The lowest BCUT2D eigenvalue weighted by Gasteiger charge is -2.20. The Labute approximate surface area is 152 Å². The minimum Gasteiger partial charge on any atom is -0.454 e. The molecule has 0 N–H and O–H groups in total. The van der Waals surface area contributed by atoms with E-state index in [1.165, 1.54) is 11.1 Å². The smallest absolute Gasteiger partial charge is 0.412 e. The summed E-state index contributed by atoms with van der Waals surface area (Å²) in [7, 11) is 1.73. The number of carbonyl (C=O) groups is 1. The zero-order valence-electron chi connectivity index (χ0n) is 14.1. The molecule has 1 aliphatic carbocycles. The summed E-state index contributed by atoms with van der Waals surface area (Å²) in [4.78, 5) is 13.9. The number of carbonyl (C=O) groups excluding carboxylic acids is 1. The third kappa shape index (κ3) is 3.19. The number of hydrogen-bond donors (Lipinski definition) is 0. The number of hydrogen-bond acceptors (Lipinski definition) is 3. The fourth-order valence-electron chi connectivity index (χ4n) is 3.60. The van der Waals surface area contributed by atoms with E-state index in [0.717, 1.165) is 41.2 Å². The zero-order chi connectivity index (χ0) is 17.4. The Bertz CT molecular complexity index is 806. The average molecular weight is 358 g/mol. The number of amides is 1. The van der Waals surface area contributed by atoms with Crippen LogP contribution in [0, 0.1) is 0 Å². The normalized spacial score (nSPS) is 17.6. The van der Waals surface area contributed by atoms with Crippen LogP contribution in [-0.4, -0.2) is 24.3 Å². The maximum Gasteiger partial charge on any atom is 0.412 e. The van der Waals surface area contributed by atoms with Crippen LogP contribution >= 0.6 is 11.6 Å². The summed E-state index contributed by atoms with van der Waals surface area (Å²) < 4.78 is 11.5. The van der Waals surface area contributed by atoms with Crippen molar-refractivity contribution in [3.63, 3.8) is 0 Å². The molecule has 1 aliphatic heterocycles. The first-order valence-corrected chi connectivity index (χ1v) is 8.95. The van der Waals surface area contributed by atoms with Crippen LogP contribution < -0.4 is 4.74 Å². The molecule has 0 fully saturated rings. The van der Waals surface area contributed by atoms with Gasteiger partial charge in [0.1, 0.15) is 5.75 Å². The van der Waals surface area contributed by atoms with Crippen molar-refractivity contribution in [1.82, 2.24) is 4.90 Å². The van der Waals surface area contributed by atoms with Gasteiger partial charge in [-0.15, -0.1) is 0 Å². The summed E-state index contributed by atoms with van der Waals surface area (Å²) in [6.07, 6.45) is 2.65. The van der Waals surface area contributed by atoms with Crippen molar-refractivity contribution < 1.29 is 14.3 Å². The number of fused-ring (bicyclic) bond motifs is 3. The molecule has 0 saturated heterocycles. The summed E-state index contributed by atoms with van der Waals surface area (Å²) in [5.41, 5.74) is 4.48. The van der Waals surface area contributed by atoms with Crippen LogP contribution in [-0.2, 0) is 30.5 Å². The van der Waals surface area contributed by atoms with Crippen molar-refractivity contribution >= 4 is 17.7 Å². The second-order valence-electron chi connectivity index (χ2n) is 6.63. The lowest BCUT2D eigenvalue weighted by atomic mass is 10.0. The maximum absolute atomic E-state index is 12.4. The Morgan fingerprint density at radius 1 is 1.28 bits per heavy atom. The third-order valence-corrected chi connectivity index (χ3v) is 5.15. The van der Waals surface area contributed by atoms with Gasteiger partial charge < -0.3 is 14.4 Å². The van der Waals surface area contributed by atoms with Crippen molar-refractivity contribution in [2.45, 2.75) is 38.5 Å². The van der Waals surface area contributed by atoms with Crippen LogP contribution in [0.4, 0.5) is 4.79 Å². The zero-order valence-corrected chi connectivity index (χ0v) is 14.9. The van der Waals surface area contributed by atoms with E-state index in [9.17, 15) is 4.79 Å². The number of nitrogens with zero attached hydrogens (tertiary/aromatic N) is 1. The molecule has 0 radical (unpaired) electrons. The average Bonchev–Trinajstić information content (AvgIpc) is 3.22. The van der Waals surface area contributed by atoms with Gasteiger partial charge in [-0.3, -0.25) is 0 Å². The summed E-state index contributed by atoms with van der Waals surface area (Å²) in [5, 5.41) is 0.808. The third-order valence-electron chi connectivity index (χ3n) is 4.82. The molecule has 130 valence electrons. The van der Waals surface area contributed by atoms with Crippen molar-refractivity contribution in [3.8, 4) is 5.75 Å². The standard InChI is InChI=1S/C20H20ClNO3/c1-22(12-13-6-3-2-4-7-13)20(23)25-18-11-14-10-17(21)15-8-5-9-16(15)19(14)24-18/h2-4,6-7,10,18H,5,8-9,11-12H2,1H3. The molecule has 0 aromatic heterocycles. The van der Waals surface area contributed by atoms with E-state index in [2.05, 4.69) is 0 Å². The van der Waals surface area contributed by atoms with E-state index < -0.39 is 6.29 Å². The maximum atomic E-state index is 12.4. The first-order valence-electron chi connectivity index (χ1n) is 8.57. The van der Waals surface area contributed by atoms with E-state index in [4.69, 9.17) is 21.1 Å². The van der Waals surface area contributed by atoms with Crippen molar-refractivity contribution in [1.29, 1.82) is 0 Å². The van der Waals surface area contributed by atoms with Crippen molar-refractivity contribution in [2.24, 2.45) is 0 Å². The van der Waals surface area contributed by atoms with Gasteiger partial charge in [-0.2, -0.15) is 0 Å². The molecule has 4 rings (SSSR count). The van der Waals surface area contributed by atoms with Gasteiger partial charge in [0.2, 0.25) is 6.29 Å². The predicted octanol–water partition coefficient (Wildman–Crippen LogP) is 4.36. The van der Waals surface area contributed by atoms with Gasteiger partial charge in [0.25, 0.3) is 0 Å². The predicted molar refractivity (Wildman–Crippen MR) is 96.0 cm³/mol. The Morgan fingerprint density at radius 2 is 2.04 bits per heavy atom. The molecule has 0 bridgehead atoms. The quantitative estimate of drug-likeness (QED) is 0.819. The number of halogens is 1. The highest BCUT2D eigenvalue weighted by Gasteiger charge is 2.32. The Kier molecular flexibility index (Phi) is 4.30. The highest BCUT2D eigenvalue weighted by molar-refractivity contribution is 6.31. The van der Waals surface area contributed by atoms with Gasteiger partial charge in [-0.25, -0.2) is 4.79 Å². The molecular formula is C20H20ClNO3. The second kappa shape index (κ2) is 6.60. The molecule has 25 heavy (non-hydrogen) atoms. The Hall–Kier alpha value is -2.20. The van der Waals surface area contributed by atoms with E-state index in [1.807, 2.05) is 36.4 Å². The molecule has 2 aliphatic rings. The van der Waals surface area contributed by atoms with Crippen LogP contribution in [0.1, 0.15) is 28.7 Å². The van der Waals surface area contributed by atoms with E-state index in [0.29, 0.717) is 13.0 Å². The van der Waals surface area contributed by atoms with Gasteiger partial charge in [-0.1, -0.05) is 41.9 Å². The molecule has 2 aromatic rings. The topological polar surface area (TPSA) is 38.8 Å².